The van der Waals surface area contributed by atoms with Crippen LogP contribution in [0.4, 0.5) is 0 Å². The molecule has 1 fully saturated rings. The molecule has 0 amide bonds. The Morgan fingerprint density at radius 3 is 2.53 bits per heavy atom. The summed E-state index contributed by atoms with van der Waals surface area (Å²) in [6, 6.07) is 12.1. The summed E-state index contributed by atoms with van der Waals surface area (Å²) in [6.07, 6.45) is 0. The molecule has 1 aliphatic rings. The molecule has 2 aromatic carbocycles. The Labute approximate surface area is 112 Å². The Morgan fingerprint density at radius 1 is 1.21 bits per heavy atom. The molecule has 3 heteroatoms. The van der Waals surface area contributed by atoms with Crippen molar-refractivity contribution < 1.29 is 9.53 Å². The SMILES string of the molecule is Cc1ccc2cc(C(=O)C3(CN)COC3)ccc2c1. The Kier molecular flexibility index (Phi) is 2.88. The zero-order chi connectivity index (χ0) is 13.5. The highest BCUT2D eigenvalue weighted by atomic mass is 16.5. The van der Waals surface area contributed by atoms with Crippen molar-refractivity contribution >= 4 is 16.6 Å². The van der Waals surface area contributed by atoms with Gasteiger partial charge in [-0.05, 0) is 23.8 Å². The van der Waals surface area contributed by atoms with E-state index in [-0.39, 0.29) is 5.78 Å². The second kappa shape index (κ2) is 4.44. The van der Waals surface area contributed by atoms with Crippen LogP contribution in [-0.2, 0) is 4.74 Å². The van der Waals surface area contributed by atoms with Crippen molar-refractivity contribution in [2.24, 2.45) is 11.1 Å². The molecular formula is C16H17NO2. The summed E-state index contributed by atoms with van der Waals surface area (Å²) in [7, 11) is 0. The van der Waals surface area contributed by atoms with E-state index < -0.39 is 5.41 Å². The minimum absolute atomic E-state index is 0.101. The summed E-state index contributed by atoms with van der Waals surface area (Å²) in [5.41, 5.74) is 7.18. The first-order valence-electron chi connectivity index (χ1n) is 6.48. The molecule has 19 heavy (non-hydrogen) atoms. The molecule has 0 aromatic heterocycles. The summed E-state index contributed by atoms with van der Waals surface area (Å²) in [4.78, 5) is 12.5. The fourth-order valence-corrected chi connectivity index (χ4v) is 2.50. The first-order chi connectivity index (χ1) is 9.14. The largest absolute Gasteiger partial charge is 0.379 e. The van der Waals surface area contributed by atoms with Gasteiger partial charge in [-0.3, -0.25) is 4.79 Å². The van der Waals surface area contributed by atoms with Crippen LogP contribution >= 0.6 is 0 Å². The number of ketones is 1. The average Bonchev–Trinajstić information content (AvgIpc) is 2.37. The highest BCUT2D eigenvalue weighted by Crippen LogP contribution is 2.31. The van der Waals surface area contributed by atoms with Gasteiger partial charge in [0.1, 0.15) is 0 Å². The van der Waals surface area contributed by atoms with E-state index in [2.05, 4.69) is 19.1 Å². The van der Waals surface area contributed by atoms with E-state index in [1.165, 1.54) is 5.56 Å². The Morgan fingerprint density at radius 2 is 1.89 bits per heavy atom. The lowest BCUT2D eigenvalue weighted by Crippen LogP contribution is -2.54. The molecule has 0 saturated carbocycles. The molecule has 0 unspecified atom stereocenters. The topological polar surface area (TPSA) is 52.3 Å². The van der Waals surface area contributed by atoms with Gasteiger partial charge >= 0.3 is 0 Å². The van der Waals surface area contributed by atoms with Crippen molar-refractivity contribution in [3.63, 3.8) is 0 Å². The monoisotopic (exact) mass is 255 g/mol. The summed E-state index contributed by atoms with van der Waals surface area (Å²) in [5.74, 6) is 0.101. The van der Waals surface area contributed by atoms with Crippen molar-refractivity contribution in [3.8, 4) is 0 Å². The third kappa shape index (κ3) is 1.95. The van der Waals surface area contributed by atoms with E-state index in [4.69, 9.17) is 10.5 Å². The van der Waals surface area contributed by atoms with Crippen molar-refractivity contribution in [2.45, 2.75) is 6.92 Å². The number of carbonyl (C=O) groups is 1. The molecule has 1 aliphatic heterocycles. The molecule has 0 aliphatic carbocycles. The highest BCUT2D eigenvalue weighted by molar-refractivity contribution is 6.04. The summed E-state index contributed by atoms with van der Waals surface area (Å²) < 4.78 is 5.17. The fourth-order valence-electron chi connectivity index (χ4n) is 2.50. The molecule has 0 radical (unpaired) electrons. The van der Waals surface area contributed by atoms with Crippen LogP contribution in [0.5, 0.6) is 0 Å². The number of Topliss-reactive ketones (excluding diaryl/α,β-unsaturated/α-hetero) is 1. The van der Waals surface area contributed by atoms with Crippen molar-refractivity contribution in [1.29, 1.82) is 0 Å². The van der Waals surface area contributed by atoms with Crippen LogP contribution in [-0.4, -0.2) is 25.5 Å². The van der Waals surface area contributed by atoms with E-state index in [0.29, 0.717) is 19.8 Å². The third-order valence-electron chi connectivity index (χ3n) is 3.89. The van der Waals surface area contributed by atoms with E-state index in [0.717, 1.165) is 16.3 Å². The molecule has 1 saturated heterocycles. The van der Waals surface area contributed by atoms with Crippen LogP contribution in [0.15, 0.2) is 36.4 Å². The fraction of sp³-hybridized carbons (Fsp3) is 0.312. The predicted molar refractivity (Wildman–Crippen MR) is 75.3 cm³/mol. The van der Waals surface area contributed by atoms with Gasteiger partial charge < -0.3 is 10.5 Å². The Bertz CT molecular complexity index is 639. The molecule has 2 aromatic rings. The normalized spacial score (nSPS) is 17.2. The smallest absolute Gasteiger partial charge is 0.174 e. The maximum atomic E-state index is 12.5. The maximum absolute atomic E-state index is 12.5. The van der Waals surface area contributed by atoms with Crippen molar-refractivity contribution in [2.75, 3.05) is 19.8 Å². The van der Waals surface area contributed by atoms with Gasteiger partial charge in [-0.15, -0.1) is 0 Å². The van der Waals surface area contributed by atoms with Gasteiger partial charge in [-0.2, -0.15) is 0 Å². The van der Waals surface area contributed by atoms with E-state index in [1.807, 2.05) is 24.3 Å². The minimum Gasteiger partial charge on any atom is -0.379 e. The molecule has 0 spiro atoms. The van der Waals surface area contributed by atoms with Crippen LogP contribution in [0, 0.1) is 12.3 Å². The number of ether oxygens (including phenoxy) is 1. The molecule has 1 heterocycles. The molecular weight excluding hydrogens is 238 g/mol. The maximum Gasteiger partial charge on any atom is 0.174 e. The third-order valence-corrected chi connectivity index (χ3v) is 3.89. The number of hydrogen-bond donors (Lipinski definition) is 1. The lowest BCUT2D eigenvalue weighted by Gasteiger charge is -2.38. The van der Waals surface area contributed by atoms with E-state index in [9.17, 15) is 4.79 Å². The summed E-state index contributed by atoms with van der Waals surface area (Å²) >= 11 is 0. The average molecular weight is 255 g/mol. The first kappa shape index (κ1) is 12.3. The molecule has 0 bridgehead atoms. The van der Waals surface area contributed by atoms with Crippen LogP contribution in [0.1, 0.15) is 15.9 Å². The Hall–Kier alpha value is -1.71. The van der Waals surface area contributed by atoms with Crippen molar-refractivity contribution in [1.82, 2.24) is 0 Å². The van der Waals surface area contributed by atoms with Crippen LogP contribution in [0.25, 0.3) is 10.8 Å². The van der Waals surface area contributed by atoms with Gasteiger partial charge in [0.25, 0.3) is 0 Å². The molecule has 2 N–H and O–H groups in total. The van der Waals surface area contributed by atoms with Crippen LogP contribution in [0.3, 0.4) is 0 Å². The molecule has 3 rings (SSSR count). The molecule has 0 atom stereocenters. The van der Waals surface area contributed by atoms with Gasteiger partial charge in [-0.1, -0.05) is 35.9 Å². The van der Waals surface area contributed by atoms with E-state index >= 15 is 0 Å². The number of carbonyl (C=O) groups excluding carboxylic acids is 1. The van der Waals surface area contributed by atoms with Gasteiger partial charge in [-0.25, -0.2) is 0 Å². The minimum atomic E-state index is -0.502. The molecule has 98 valence electrons. The predicted octanol–water partition coefficient (Wildman–Crippen LogP) is 2.31. The summed E-state index contributed by atoms with van der Waals surface area (Å²) in [5, 5.41) is 2.24. The number of benzene rings is 2. The van der Waals surface area contributed by atoms with Crippen LogP contribution in [0.2, 0.25) is 0 Å². The second-order valence-electron chi connectivity index (χ2n) is 5.37. The summed E-state index contributed by atoms with van der Waals surface area (Å²) in [6.45, 7) is 3.29. The molecule has 3 nitrogen and oxygen atoms in total. The van der Waals surface area contributed by atoms with E-state index in [1.54, 1.807) is 0 Å². The number of nitrogens with two attached hydrogens (primary N) is 1. The Balaban J connectivity index is 2.01. The van der Waals surface area contributed by atoms with Crippen LogP contribution < -0.4 is 5.73 Å². The second-order valence-corrected chi connectivity index (χ2v) is 5.37. The lowest BCUT2D eigenvalue weighted by molar-refractivity contribution is -0.0816. The zero-order valence-corrected chi connectivity index (χ0v) is 11.0. The number of fused-ring (bicyclic) bond motifs is 1. The first-order valence-corrected chi connectivity index (χ1v) is 6.48. The van der Waals surface area contributed by atoms with Gasteiger partial charge in [0.15, 0.2) is 5.78 Å². The highest BCUT2D eigenvalue weighted by Gasteiger charge is 2.44. The lowest BCUT2D eigenvalue weighted by atomic mass is 9.78. The van der Waals surface area contributed by atoms with Crippen molar-refractivity contribution in [3.05, 3.63) is 47.5 Å². The number of rotatable bonds is 3. The van der Waals surface area contributed by atoms with Gasteiger partial charge in [0.2, 0.25) is 0 Å². The number of aryl methyl sites for hydroxylation is 1. The van der Waals surface area contributed by atoms with Gasteiger partial charge in [0.05, 0.1) is 18.6 Å². The van der Waals surface area contributed by atoms with Gasteiger partial charge in [0, 0.05) is 12.1 Å². The standard InChI is InChI=1S/C16H17NO2/c1-11-2-3-13-7-14(5-4-12(13)6-11)15(18)16(8-17)9-19-10-16/h2-7H,8-10,17H2,1H3. The quantitative estimate of drug-likeness (QED) is 0.856. The zero-order valence-electron chi connectivity index (χ0n) is 11.0. The number of hydrogen-bond acceptors (Lipinski definition) is 3.